The van der Waals surface area contributed by atoms with Crippen LogP contribution in [0.5, 0.6) is 0 Å². The number of benzene rings is 1. The van der Waals surface area contributed by atoms with E-state index in [-0.39, 0.29) is 4.90 Å². The van der Waals surface area contributed by atoms with Gasteiger partial charge in [0.05, 0.1) is 11.5 Å². The number of ether oxygens (including phenoxy) is 3. The molecule has 0 spiro atoms. The number of aliphatic hydroxyl groups is 2. The lowest BCUT2D eigenvalue weighted by atomic mass is 9.99. The standard InChI is InChI=1S/C15H22O8S/c1-9-4-6-10(7-5-9)24(18,19)23-12-11(8-16)22-15(17)14(21-3)13(12)20-2/h4-7,11-17H,8H2,1-3H3/t11-,12-,13+,14-,15+/m1/s1. The maximum atomic E-state index is 12.5. The molecule has 1 aliphatic rings. The van der Waals surface area contributed by atoms with Crippen LogP contribution in [0.3, 0.4) is 0 Å². The van der Waals surface area contributed by atoms with Crippen LogP contribution in [-0.4, -0.2) is 70.2 Å². The van der Waals surface area contributed by atoms with E-state index in [9.17, 15) is 18.6 Å². The average molecular weight is 362 g/mol. The van der Waals surface area contributed by atoms with Crippen molar-refractivity contribution in [3.63, 3.8) is 0 Å². The van der Waals surface area contributed by atoms with Crippen LogP contribution in [0.1, 0.15) is 5.56 Å². The fourth-order valence-corrected chi connectivity index (χ4v) is 3.69. The molecule has 8 nitrogen and oxygen atoms in total. The van der Waals surface area contributed by atoms with Crippen molar-refractivity contribution >= 4 is 10.1 Å². The van der Waals surface area contributed by atoms with Crippen LogP contribution in [0.2, 0.25) is 0 Å². The topological polar surface area (TPSA) is 112 Å². The summed E-state index contributed by atoms with van der Waals surface area (Å²) in [5.74, 6) is 0. The second kappa shape index (κ2) is 7.87. The van der Waals surface area contributed by atoms with E-state index in [0.29, 0.717) is 0 Å². The smallest absolute Gasteiger partial charge is 0.297 e. The van der Waals surface area contributed by atoms with Gasteiger partial charge in [-0.25, -0.2) is 0 Å². The highest BCUT2D eigenvalue weighted by Crippen LogP contribution is 2.29. The third-order valence-corrected chi connectivity index (χ3v) is 5.21. The van der Waals surface area contributed by atoms with Gasteiger partial charge in [0.25, 0.3) is 10.1 Å². The van der Waals surface area contributed by atoms with Crippen LogP contribution in [-0.2, 0) is 28.5 Å². The highest BCUT2D eigenvalue weighted by molar-refractivity contribution is 7.86. The molecular formula is C15H22O8S. The Balaban J connectivity index is 2.30. The van der Waals surface area contributed by atoms with Crippen molar-refractivity contribution in [3.8, 4) is 0 Å². The summed E-state index contributed by atoms with van der Waals surface area (Å²) >= 11 is 0. The number of hydrogen-bond acceptors (Lipinski definition) is 8. The lowest BCUT2D eigenvalue weighted by Crippen LogP contribution is -2.61. The predicted octanol–water partition coefficient (Wildman–Crippen LogP) is -0.192. The lowest BCUT2D eigenvalue weighted by molar-refractivity contribution is -0.290. The van der Waals surface area contributed by atoms with E-state index >= 15 is 0 Å². The highest BCUT2D eigenvalue weighted by atomic mass is 32.2. The summed E-state index contributed by atoms with van der Waals surface area (Å²) in [6.45, 7) is 1.28. The lowest BCUT2D eigenvalue weighted by Gasteiger charge is -2.42. The van der Waals surface area contributed by atoms with Gasteiger partial charge in [0.15, 0.2) is 6.29 Å². The Kier molecular flexibility index (Phi) is 6.32. The third-order valence-electron chi connectivity index (χ3n) is 3.88. The van der Waals surface area contributed by atoms with E-state index in [1.54, 1.807) is 12.1 Å². The van der Waals surface area contributed by atoms with Gasteiger partial charge < -0.3 is 24.4 Å². The number of methoxy groups -OCH3 is 2. The van der Waals surface area contributed by atoms with Crippen molar-refractivity contribution in [2.45, 2.75) is 42.5 Å². The Morgan fingerprint density at radius 2 is 1.67 bits per heavy atom. The first kappa shape index (κ1) is 19.3. The molecule has 2 N–H and O–H groups in total. The molecular weight excluding hydrogens is 340 g/mol. The zero-order valence-corrected chi connectivity index (χ0v) is 14.5. The minimum absolute atomic E-state index is 0.0280. The van der Waals surface area contributed by atoms with E-state index in [1.165, 1.54) is 26.4 Å². The number of aliphatic hydroxyl groups excluding tert-OH is 2. The molecule has 0 bridgehead atoms. The molecule has 1 aliphatic heterocycles. The highest BCUT2D eigenvalue weighted by Gasteiger charge is 2.48. The minimum Gasteiger partial charge on any atom is -0.394 e. The molecule has 1 aromatic rings. The maximum absolute atomic E-state index is 12.5. The Morgan fingerprint density at radius 3 is 2.17 bits per heavy atom. The quantitative estimate of drug-likeness (QED) is 0.670. The van der Waals surface area contributed by atoms with Crippen LogP contribution in [0.25, 0.3) is 0 Å². The Labute approximate surface area is 141 Å². The van der Waals surface area contributed by atoms with Crippen LogP contribution in [0, 0.1) is 6.92 Å². The van der Waals surface area contributed by atoms with Crippen LogP contribution >= 0.6 is 0 Å². The molecule has 0 amide bonds. The molecule has 24 heavy (non-hydrogen) atoms. The third kappa shape index (κ3) is 3.94. The average Bonchev–Trinajstić information content (AvgIpc) is 2.55. The summed E-state index contributed by atoms with van der Waals surface area (Å²) in [6, 6.07) is 6.14. The van der Waals surface area contributed by atoms with E-state index in [0.717, 1.165) is 5.56 Å². The molecule has 1 fully saturated rings. The molecule has 1 saturated heterocycles. The fraction of sp³-hybridized carbons (Fsp3) is 0.600. The van der Waals surface area contributed by atoms with Gasteiger partial charge in [0.1, 0.15) is 24.4 Å². The second-order valence-corrected chi connectivity index (χ2v) is 7.05. The van der Waals surface area contributed by atoms with Gasteiger partial charge in [-0.1, -0.05) is 17.7 Å². The molecule has 0 unspecified atom stereocenters. The maximum Gasteiger partial charge on any atom is 0.297 e. The van der Waals surface area contributed by atoms with E-state index in [2.05, 4.69) is 0 Å². The zero-order chi connectivity index (χ0) is 17.9. The van der Waals surface area contributed by atoms with Gasteiger partial charge in [-0.3, -0.25) is 4.18 Å². The fourth-order valence-electron chi connectivity index (χ4n) is 2.58. The van der Waals surface area contributed by atoms with Gasteiger partial charge >= 0.3 is 0 Å². The molecule has 5 atom stereocenters. The van der Waals surface area contributed by atoms with Gasteiger partial charge in [-0.2, -0.15) is 8.42 Å². The molecule has 0 aromatic heterocycles. The SMILES string of the molecule is CO[C@@H]1[C@@H](OC)[C@@H](O)O[C@H](CO)[C@H]1OS(=O)(=O)c1ccc(C)cc1. The Hall–Kier alpha value is -1.07. The first-order valence-corrected chi connectivity index (χ1v) is 8.74. The van der Waals surface area contributed by atoms with Gasteiger partial charge in [0, 0.05) is 14.2 Å². The molecule has 0 aliphatic carbocycles. The molecule has 1 aromatic carbocycles. The van der Waals surface area contributed by atoms with Crippen LogP contribution in [0.15, 0.2) is 29.2 Å². The largest absolute Gasteiger partial charge is 0.394 e. The number of hydrogen-bond donors (Lipinski definition) is 2. The molecule has 0 saturated carbocycles. The zero-order valence-electron chi connectivity index (χ0n) is 13.7. The molecule has 136 valence electrons. The summed E-state index contributed by atoms with van der Waals surface area (Å²) in [4.78, 5) is -0.0280. The van der Waals surface area contributed by atoms with Crippen molar-refractivity contribution < 1.29 is 37.0 Å². The Morgan fingerprint density at radius 1 is 1.08 bits per heavy atom. The van der Waals surface area contributed by atoms with E-state index in [4.69, 9.17) is 18.4 Å². The van der Waals surface area contributed by atoms with Gasteiger partial charge in [-0.05, 0) is 19.1 Å². The first-order chi connectivity index (χ1) is 11.3. The summed E-state index contributed by atoms with van der Waals surface area (Å²) in [7, 11) is -1.46. The number of aryl methyl sites for hydroxylation is 1. The molecule has 0 radical (unpaired) electrons. The summed E-state index contributed by atoms with van der Waals surface area (Å²) < 4.78 is 45.8. The predicted molar refractivity (Wildman–Crippen MR) is 82.8 cm³/mol. The molecule has 1 heterocycles. The van der Waals surface area contributed by atoms with E-state index < -0.39 is 47.4 Å². The van der Waals surface area contributed by atoms with Gasteiger partial charge in [-0.15, -0.1) is 0 Å². The molecule has 2 rings (SSSR count). The minimum atomic E-state index is -4.12. The van der Waals surface area contributed by atoms with Crippen LogP contribution in [0.4, 0.5) is 0 Å². The van der Waals surface area contributed by atoms with Crippen LogP contribution < -0.4 is 0 Å². The van der Waals surface area contributed by atoms with Crippen molar-refractivity contribution in [1.82, 2.24) is 0 Å². The Bertz CT molecular complexity index is 629. The summed E-state index contributed by atoms with van der Waals surface area (Å²) in [5.41, 5.74) is 0.903. The van der Waals surface area contributed by atoms with E-state index in [1.807, 2.05) is 6.92 Å². The molecule has 9 heteroatoms. The first-order valence-electron chi connectivity index (χ1n) is 7.34. The van der Waals surface area contributed by atoms with Crippen molar-refractivity contribution in [3.05, 3.63) is 29.8 Å². The summed E-state index contributed by atoms with van der Waals surface area (Å²) in [5, 5.41) is 19.3. The van der Waals surface area contributed by atoms with Crippen molar-refractivity contribution in [2.24, 2.45) is 0 Å². The second-order valence-electron chi connectivity index (χ2n) is 5.48. The number of rotatable bonds is 6. The normalized spacial score (nSPS) is 31.1. The summed E-state index contributed by atoms with van der Waals surface area (Å²) in [6.07, 6.45) is -5.55. The van der Waals surface area contributed by atoms with Crippen molar-refractivity contribution in [1.29, 1.82) is 0 Å². The van der Waals surface area contributed by atoms with Gasteiger partial charge in [0.2, 0.25) is 0 Å². The monoisotopic (exact) mass is 362 g/mol. The van der Waals surface area contributed by atoms with Crippen molar-refractivity contribution in [2.75, 3.05) is 20.8 Å².